The Balaban J connectivity index is 2.29. The standard InChI is InChI=1S/C14H15ClN4O/c1-19(8-9-3-2-4-10(15)5-9)14-12(13(17)20)6-11(16)7-18-14/h2-7H,8,16H2,1H3,(H2,17,20). The van der Waals surface area contributed by atoms with E-state index in [1.807, 2.05) is 30.1 Å². The Morgan fingerprint density at radius 1 is 1.40 bits per heavy atom. The van der Waals surface area contributed by atoms with Crippen LogP contribution in [0.1, 0.15) is 15.9 Å². The number of nitrogens with two attached hydrogens (primary N) is 2. The molecule has 6 heteroatoms. The summed E-state index contributed by atoms with van der Waals surface area (Å²) in [6.45, 7) is 0.553. The first-order chi connectivity index (χ1) is 9.47. The second-order valence-electron chi connectivity index (χ2n) is 4.49. The summed E-state index contributed by atoms with van der Waals surface area (Å²) >= 11 is 5.95. The number of carbonyl (C=O) groups excluding carboxylic acids is 1. The zero-order valence-corrected chi connectivity index (χ0v) is 11.8. The molecule has 0 saturated carbocycles. The molecule has 0 unspecified atom stereocenters. The van der Waals surface area contributed by atoms with Crippen LogP contribution in [0.15, 0.2) is 36.5 Å². The van der Waals surface area contributed by atoms with Crippen molar-refractivity contribution in [3.05, 3.63) is 52.7 Å². The molecular formula is C14H15ClN4O. The number of pyridine rings is 1. The summed E-state index contributed by atoms with van der Waals surface area (Å²) in [5.41, 5.74) is 12.7. The van der Waals surface area contributed by atoms with Gasteiger partial charge in [-0.15, -0.1) is 0 Å². The van der Waals surface area contributed by atoms with Crippen molar-refractivity contribution in [2.45, 2.75) is 6.54 Å². The number of hydrogen-bond acceptors (Lipinski definition) is 4. The number of hydrogen-bond donors (Lipinski definition) is 2. The van der Waals surface area contributed by atoms with Gasteiger partial charge in [-0.25, -0.2) is 4.98 Å². The lowest BCUT2D eigenvalue weighted by molar-refractivity contribution is 0.100. The topological polar surface area (TPSA) is 85.2 Å². The van der Waals surface area contributed by atoms with Crippen LogP contribution >= 0.6 is 11.6 Å². The Labute approximate surface area is 122 Å². The Morgan fingerprint density at radius 3 is 2.80 bits per heavy atom. The lowest BCUT2D eigenvalue weighted by Gasteiger charge is -2.20. The second kappa shape index (κ2) is 5.79. The Hall–Kier alpha value is -2.27. The van der Waals surface area contributed by atoms with Gasteiger partial charge in [0.05, 0.1) is 17.4 Å². The molecule has 0 aliphatic heterocycles. The number of nitrogen functional groups attached to an aromatic ring is 1. The van der Waals surface area contributed by atoms with Crippen LogP contribution in [-0.4, -0.2) is 17.9 Å². The molecule has 4 N–H and O–H groups in total. The molecule has 0 aliphatic carbocycles. The normalized spacial score (nSPS) is 10.3. The molecule has 0 saturated heterocycles. The second-order valence-corrected chi connectivity index (χ2v) is 4.93. The quantitative estimate of drug-likeness (QED) is 0.902. The number of rotatable bonds is 4. The molecule has 1 amide bonds. The Morgan fingerprint density at radius 2 is 2.15 bits per heavy atom. The summed E-state index contributed by atoms with van der Waals surface area (Å²) < 4.78 is 0. The number of anilines is 2. The summed E-state index contributed by atoms with van der Waals surface area (Å²) in [4.78, 5) is 17.5. The van der Waals surface area contributed by atoms with Gasteiger partial charge in [0.2, 0.25) is 0 Å². The fraction of sp³-hybridized carbons (Fsp3) is 0.143. The van der Waals surface area contributed by atoms with Gasteiger partial charge in [0.1, 0.15) is 5.82 Å². The average Bonchev–Trinajstić information content (AvgIpc) is 2.38. The summed E-state index contributed by atoms with van der Waals surface area (Å²) in [5, 5.41) is 0.663. The van der Waals surface area contributed by atoms with Crippen molar-refractivity contribution >= 4 is 29.0 Å². The van der Waals surface area contributed by atoms with Gasteiger partial charge in [-0.2, -0.15) is 0 Å². The Bertz CT molecular complexity index is 645. The van der Waals surface area contributed by atoms with E-state index in [0.29, 0.717) is 28.6 Å². The molecule has 0 aliphatic rings. The summed E-state index contributed by atoms with van der Waals surface area (Å²) in [6.07, 6.45) is 1.50. The minimum atomic E-state index is -0.558. The van der Waals surface area contributed by atoms with Crippen molar-refractivity contribution in [1.29, 1.82) is 0 Å². The number of benzene rings is 1. The molecular weight excluding hydrogens is 276 g/mol. The minimum Gasteiger partial charge on any atom is -0.397 e. The van der Waals surface area contributed by atoms with Crippen molar-refractivity contribution < 1.29 is 4.79 Å². The molecule has 2 rings (SSSR count). The highest BCUT2D eigenvalue weighted by Gasteiger charge is 2.14. The third-order valence-electron chi connectivity index (χ3n) is 2.82. The Kier molecular flexibility index (Phi) is 4.10. The first-order valence-corrected chi connectivity index (χ1v) is 6.36. The van der Waals surface area contributed by atoms with Crippen molar-refractivity contribution in [2.75, 3.05) is 17.7 Å². The molecule has 1 aromatic heterocycles. The van der Waals surface area contributed by atoms with Crippen molar-refractivity contribution in [3.63, 3.8) is 0 Å². The van der Waals surface area contributed by atoms with Gasteiger partial charge in [0.15, 0.2) is 0 Å². The van der Waals surface area contributed by atoms with E-state index in [4.69, 9.17) is 23.1 Å². The van der Waals surface area contributed by atoms with E-state index in [-0.39, 0.29) is 0 Å². The molecule has 2 aromatic rings. The number of amides is 1. The summed E-state index contributed by atoms with van der Waals surface area (Å²) in [5.74, 6) is -0.0654. The van der Waals surface area contributed by atoms with Crippen LogP contribution in [0.5, 0.6) is 0 Å². The number of primary amides is 1. The zero-order valence-electron chi connectivity index (χ0n) is 11.0. The van der Waals surface area contributed by atoms with Crippen LogP contribution in [-0.2, 0) is 6.54 Å². The van der Waals surface area contributed by atoms with Crippen LogP contribution in [0.25, 0.3) is 0 Å². The molecule has 1 aromatic carbocycles. The molecule has 0 radical (unpaired) electrons. The van der Waals surface area contributed by atoms with Gasteiger partial charge in [-0.3, -0.25) is 4.79 Å². The van der Waals surface area contributed by atoms with Gasteiger partial charge in [0.25, 0.3) is 5.91 Å². The van der Waals surface area contributed by atoms with E-state index in [1.165, 1.54) is 12.3 Å². The zero-order chi connectivity index (χ0) is 14.7. The van der Waals surface area contributed by atoms with Gasteiger partial charge >= 0.3 is 0 Å². The highest BCUT2D eigenvalue weighted by molar-refractivity contribution is 6.30. The molecule has 104 valence electrons. The van der Waals surface area contributed by atoms with Crippen LogP contribution in [0.4, 0.5) is 11.5 Å². The van der Waals surface area contributed by atoms with Crippen molar-refractivity contribution in [3.8, 4) is 0 Å². The molecule has 0 bridgehead atoms. The maximum Gasteiger partial charge on any atom is 0.252 e. The predicted octanol–water partition coefficient (Wildman–Crippen LogP) is 2.05. The van der Waals surface area contributed by atoms with Gasteiger partial charge in [-0.05, 0) is 23.8 Å². The van der Waals surface area contributed by atoms with Crippen LogP contribution < -0.4 is 16.4 Å². The third kappa shape index (κ3) is 3.19. The molecule has 0 atom stereocenters. The average molecular weight is 291 g/mol. The van der Waals surface area contributed by atoms with E-state index in [1.54, 1.807) is 6.07 Å². The van der Waals surface area contributed by atoms with Crippen molar-refractivity contribution in [1.82, 2.24) is 4.98 Å². The molecule has 1 heterocycles. The minimum absolute atomic E-state index is 0.300. The fourth-order valence-electron chi connectivity index (χ4n) is 1.94. The molecule has 5 nitrogen and oxygen atoms in total. The molecule has 0 fully saturated rings. The molecule has 20 heavy (non-hydrogen) atoms. The number of nitrogens with zero attached hydrogens (tertiary/aromatic N) is 2. The van der Waals surface area contributed by atoms with Gasteiger partial charge in [-0.1, -0.05) is 23.7 Å². The van der Waals surface area contributed by atoms with E-state index in [2.05, 4.69) is 4.98 Å². The van der Waals surface area contributed by atoms with Crippen LogP contribution in [0.2, 0.25) is 5.02 Å². The lowest BCUT2D eigenvalue weighted by atomic mass is 10.2. The highest BCUT2D eigenvalue weighted by atomic mass is 35.5. The SMILES string of the molecule is CN(Cc1cccc(Cl)c1)c1ncc(N)cc1C(N)=O. The molecule has 0 spiro atoms. The number of halogens is 1. The highest BCUT2D eigenvalue weighted by Crippen LogP contribution is 2.21. The lowest BCUT2D eigenvalue weighted by Crippen LogP contribution is -2.23. The first kappa shape index (κ1) is 14.1. The van der Waals surface area contributed by atoms with Gasteiger partial charge in [0, 0.05) is 18.6 Å². The smallest absolute Gasteiger partial charge is 0.252 e. The van der Waals surface area contributed by atoms with E-state index in [0.717, 1.165) is 5.56 Å². The monoisotopic (exact) mass is 290 g/mol. The predicted molar refractivity (Wildman–Crippen MR) is 80.7 cm³/mol. The summed E-state index contributed by atoms with van der Waals surface area (Å²) in [7, 11) is 1.83. The third-order valence-corrected chi connectivity index (χ3v) is 3.06. The van der Waals surface area contributed by atoms with Crippen LogP contribution in [0, 0.1) is 0 Å². The van der Waals surface area contributed by atoms with E-state index in [9.17, 15) is 4.79 Å². The first-order valence-electron chi connectivity index (χ1n) is 5.98. The van der Waals surface area contributed by atoms with E-state index >= 15 is 0 Å². The van der Waals surface area contributed by atoms with Crippen molar-refractivity contribution in [2.24, 2.45) is 5.73 Å². The largest absolute Gasteiger partial charge is 0.397 e. The maximum atomic E-state index is 11.5. The maximum absolute atomic E-state index is 11.5. The van der Waals surface area contributed by atoms with Gasteiger partial charge < -0.3 is 16.4 Å². The number of carbonyl (C=O) groups is 1. The van der Waals surface area contributed by atoms with Crippen LogP contribution in [0.3, 0.4) is 0 Å². The summed E-state index contributed by atoms with van der Waals surface area (Å²) in [6, 6.07) is 9.01. The number of aromatic nitrogens is 1. The fourth-order valence-corrected chi connectivity index (χ4v) is 2.16. The van der Waals surface area contributed by atoms with E-state index < -0.39 is 5.91 Å².